The first-order chi connectivity index (χ1) is 8.62. The van der Waals surface area contributed by atoms with Gasteiger partial charge < -0.3 is 19.3 Å². The highest BCUT2D eigenvalue weighted by Crippen LogP contribution is 2.27. The Kier molecular flexibility index (Phi) is 4.98. The lowest BCUT2D eigenvalue weighted by Gasteiger charge is -2.12. The van der Waals surface area contributed by atoms with E-state index in [0.29, 0.717) is 18.1 Å². The minimum Gasteiger partial charge on any atom is -0.493 e. The molecule has 0 amide bonds. The standard InChI is InChI=1S/C12H15NO5/c1-4-18-9(7-11(14)15)8-5-6-10(16-2)13-12(8)17-3/h5-7H,4H2,1-3H3,(H,14,15)/b9-7-. The molecule has 0 aliphatic rings. The van der Waals surface area contributed by atoms with E-state index in [1.54, 1.807) is 19.1 Å². The highest BCUT2D eigenvalue weighted by atomic mass is 16.5. The van der Waals surface area contributed by atoms with E-state index in [-0.39, 0.29) is 11.6 Å². The second kappa shape index (κ2) is 6.48. The molecule has 18 heavy (non-hydrogen) atoms. The fraction of sp³-hybridized carbons (Fsp3) is 0.333. The highest BCUT2D eigenvalue weighted by molar-refractivity contribution is 5.88. The number of hydrogen-bond acceptors (Lipinski definition) is 5. The summed E-state index contributed by atoms with van der Waals surface area (Å²) in [5.74, 6) is -0.287. The van der Waals surface area contributed by atoms with Crippen LogP contribution >= 0.6 is 0 Å². The number of nitrogens with zero attached hydrogens (tertiary/aromatic N) is 1. The third kappa shape index (κ3) is 3.38. The van der Waals surface area contributed by atoms with Gasteiger partial charge in [0.15, 0.2) is 0 Å². The van der Waals surface area contributed by atoms with E-state index in [1.165, 1.54) is 14.2 Å². The number of rotatable bonds is 6. The van der Waals surface area contributed by atoms with Gasteiger partial charge in [-0.05, 0) is 13.0 Å². The lowest BCUT2D eigenvalue weighted by molar-refractivity contribution is -0.131. The van der Waals surface area contributed by atoms with Crippen LogP contribution < -0.4 is 9.47 Å². The number of hydrogen-bond donors (Lipinski definition) is 1. The van der Waals surface area contributed by atoms with Crippen molar-refractivity contribution in [2.24, 2.45) is 0 Å². The molecule has 0 spiro atoms. The topological polar surface area (TPSA) is 77.9 Å². The van der Waals surface area contributed by atoms with Crippen molar-refractivity contribution in [2.75, 3.05) is 20.8 Å². The zero-order valence-electron chi connectivity index (χ0n) is 10.5. The minimum atomic E-state index is -1.10. The summed E-state index contributed by atoms with van der Waals surface area (Å²) in [6.07, 6.45) is 0.968. The van der Waals surface area contributed by atoms with Crippen molar-refractivity contribution in [3.05, 3.63) is 23.8 Å². The van der Waals surface area contributed by atoms with Gasteiger partial charge in [-0.3, -0.25) is 0 Å². The number of ether oxygens (including phenoxy) is 3. The smallest absolute Gasteiger partial charge is 0.332 e. The van der Waals surface area contributed by atoms with E-state index in [0.717, 1.165) is 6.08 Å². The van der Waals surface area contributed by atoms with Gasteiger partial charge >= 0.3 is 5.97 Å². The Balaban J connectivity index is 3.23. The number of carbonyl (C=O) groups is 1. The van der Waals surface area contributed by atoms with Crippen molar-refractivity contribution < 1.29 is 24.1 Å². The van der Waals surface area contributed by atoms with Crippen molar-refractivity contribution >= 4 is 11.7 Å². The molecule has 1 N–H and O–H groups in total. The molecule has 0 unspecified atom stereocenters. The Morgan fingerprint density at radius 3 is 2.61 bits per heavy atom. The first-order valence-corrected chi connectivity index (χ1v) is 5.29. The first kappa shape index (κ1) is 13.8. The zero-order chi connectivity index (χ0) is 13.5. The molecular formula is C12H15NO5. The van der Waals surface area contributed by atoms with Crippen LogP contribution in [0.1, 0.15) is 12.5 Å². The highest BCUT2D eigenvalue weighted by Gasteiger charge is 2.14. The van der Waals surface area contributed by atoms with Crippen LogP contribution in [0, 0.1) is 0 Å². The van der Waals surface area contributed by atoms with Crippen LogP contribution in [0.2, 0.25) is 0 Å². The van der Waals surface area contributed by atoms with Crippen LogP contribution in [0.4, 0.5) is 0 Å². The zero-order valence-corrected chi connectivity index (χ0v) is 10.5. The molecule has 1 heterocycles. The van der Waals surface area contributed by atoms with Crippen LogP contribution in [-0.2, 0) is 9.53 Å². The van der Waals surface area contributed by atoms with Crippen molar-refractivity contribution in [1.29, 1.82) is 0 Å². The Labute approximate surface area is 105 Å². The Hall–Kier alpha value is -2.24. The molecular weight excluding hydrogens is 238 g/mol. The van der Waals surface area contributed by atoms with Gasteiger partial charge in [-0.2, -0.15) is 4.98 Å². The second-order valence-corrected chi connectivity index (χ2v) is 3.19. The minimum absolute atomic E-state index is 0.192. The Bertz CT molecular complexity index is 456. The molecule has 98 valence electrons. The summed E-state index contributed by atoms with van der Waals surface area (Å²) >= 11 is 0. The number of carboxylic acid groups (broad SMARTS) is 1. The van der Waals surface area contributed by atoms with Crippen LogP contribution in [0.3, 0.4) is 0 Å². The van der Waals surface area contributed by atoms with Gasteiger partial charge in [0.05, 0.1) is 32.5 Å². The van der Waals surface area contributed by atoms with Crippen molar-refractivity contribution in [3.8, 4) is 11.8 Å². The number of pyridine rings is 1. The van der Waals surface area contributed by atoms with Crippen molar-refractivity contribution in [3.63, 3.8) is 0 Å². The summed E-state index contributed by atoms with van der Waals surface area (Å²) in [5, 5.41) is 8.79. The quantitative estimate of drug-likeness (QED) is 0.612. The molecule has 0 aromatic carbocycles. The molecule has 0 fully saturated rings. The fourth-order valence-corrected chi connectivity index (χ4v) is 1.35. The average molecular weight is 253 g/mol. The van der Waals surface area contributed by atoms with E-state index in [1.807, 2.05) is 0 Å². The van der Waals surface area contributed by atoms with Crippen LogP contribution in [0.25, 0.3) is 5.76 Å². The normalized spacial score (nSPS) is 10.9. The molecule has 0 radical (unpaired) electrons. The summed E-state index contributed by atoms with van der Waals surface area (Å²) in [7, 11) is 2.92. The Morgan fingerprint density at radius 1 is 1.39 bits per heavy atom. The van der Waals surface area contributed by atoms with Gasteiger partial charge in [-0.1, -0.05) is 0 Å². The lowest BCUT2D eigenvalue weighted by atomic mass is 10.2. The maximum atomic E-state index is 10.7. The van der Waals surface area contributed by atoms with Gasteiger partial charge in [0.25, 0.3) is 0 Å². The van der Waals surface area contributed by atoms with Gasteiger partial charge in [0.2, 0.25) is 11.8 Å². The predicted octanol–water partition coefficient (Wildman–Crippen LogP) is 1.56. The summed E-state index contributed by atoms with van der Waals surface area (Å²) in [4.78, 5) is 14.8. The fourth-order valence-electron chi connectivity index (χ4n) is 1.35. The summed E-state index contributed by atoms with van der Waals surface area (Å²) < 4.78 is 15.3. The molecule has 0 atom stereocenters. The third-order valence-electron chi connectivity index (χ3n) is 2.06. The van der Waals surface area contributed by atoms with Crippen LogP contribution in [0.5, 0.6) is 11.8 Å². The summed E-state index contributed by atoms with van der Waals surface area (Å²) in [6, 6.07) is 3.24. The maximum Gasteiger partial charge on any atom is 0.332 e. The first-order valence-electron chi connectivity index (χ1n) is 5.29. The molecule has 0 aliphatic carbocycles. The van der Waals surface area contributed by atoms with Crippen molar-refractivity contribution in [2.45, 2.75) is 6.92 Å². The Morgan fingerprint density at radius 2 is 2.11 bits per heavy atom. The van der Waals surface area contributed by atoms with E-state index < -0.39 is 5.97 Å². The molecule has 6 nitrogen and oxygen atoms in total. The van der Waals surface area contributed by atoms with Crippen LogP contribution in [-0.4, -0.2) is 36.9 Å². The largest absolute Gasteiger partial charge is 0.493 e. The van der Waals surface area contributed by atoms with Gasteiger partial charge in [-0.25, -0.2) is 4.79 Å². The van der Waals surface area contributed by atoms with E-state index in [4.69, 9.17) is 19.3 Å². The van der Waals surface area contributed by atoms with Gasteiger partial charge in [0.1, 0.15) is 5.76 Å². The van der Waals surface area contributed by atoms with Crippen LogP contribution in [0.15, 0.2) is 18.2 Å². The number of aliphatic carboxylic acids is 1. The number of methoxy groups -OCH3 is 2. The lowest BCUT2D eigenvalue weighted by Crippen LogP contribution is -2.02. The summed E-state index contributed by atoms with van der Waals surface area (Å²) in [6.45, 7) is 2.10. The number of aromatic nitrogens is 1. The molecule has 1 aromatic rings. The summed E-state index contributed by atoms with van der Waals surface area (Å²) in [5.41, 5.74) is 0.461. The van der Waals surface area contributed by atoms with E-state index in [2.05, 4.69) is 4.98 Å². The maximum absolute atomic E-state index is 10.7. The predicted molar refractivity (Wildman–Crippen MR) is 64.6 cm³/mol. The molecule has 1 aromatic heterocycles. The molecule has 0 saturated heterocycles. The number of carboxylic acids is 1. The van der Waals surface area contributed by atoms with Crippen molar-refractivity contribution in [1.82, 2.24) is 4.98 Å². The van der Waals surface area contributed by atoms with E-state index in [9.17, 15) is 4.79 Å². The molecule has 0 aliphatic heterocycles. The van der Waals surface area contributed by atoms with Gasteiger partial charge in [-0.15, -0.1) is 0 Å². The molecule has 0 bridgehead atoms. The second-order valence-electron chi connectivity index (χ2n) is 3.19. The molecule has 6 heteroatoms. The SMILES string of the molecule is CCO/C(=C\C(=O)O)c1ccc(OC)nc1OC. The average Bonchev–Trinajstić information content (AvgIpc) is 2.37. The monoisotopic (exact) mass is 253 g/mol. The van der Waals surface area contributed by atoms with Gasteiger partial charge in [0, 0.05) is 6.07 Å². The molecule has 1 rings (SSSR count). The molecule has 0 saturated carbocycles. The van der Waals surface area contributed by atoms with E-state index >= 15 is 0 Å². The third-order valence-corrected chi connectivity index (χ3v) is 2.06.